The first kappa shape index (κ1) is 13.4. The average molecular weight is 199 g/mol. The van der Waals surface area contributed by atoms with Crippen LogP contribution in [0.3, 0.4) is 0 Å². The summed E-state index contributed by atoms with van der Waals surface area (Å²) in [5.74, 6) is 0.482. The number of hydrogen-bond donors (Lipinski definition) is 1. The molecule has 0 aliphatic rings. The van der Waals surface area contributed by atoms with E-state index < -0.39 is 10.2 Å². The van der Waals surface area contributed by atoms with Gasteiger partial charge in [-0.3, -0.25) is 4.79 Å². The van der Waals surface area contributed by atoms with Crippen molar-refractivity contribution in [1.29, 1.82) is 0 Å². The highest BCUT2D eigenvalue weighted by Gasteiger charge is 2.14. The van der Waals surface area contributed by atoms with Gasteiger partial charge in [0.2, 0.25) is 0 Å². The Morgan fingerprint density at radius 1 is 1.36 bits per heavy atom. The minimum absolute atomic E-state index is 0. The van der Waals surface area contributed by atoms with Gasteiger partial charge in [-0.1, -0.05) is 10.2 Å². The van der Waals surface area contributed by atoms with Gasteiger partial charge < -0.3 is 5.73 Å². The van der Waals surface area contributed by atoms with Crippen molar-refractivity contribution in [2.75, 3.05) is 12.5 Å². The van der Waals surface area contributed by atoms with Crippen molar-refractivity contribution in [2.24, 2.45) is 10.1 Å². The van der Waals surface area contributed by atoms with E-state index in [2.05, 4.69) is 4.40 Å². The van der Waals surface area contributed by atoms with Crippen LogP contribution < -0.4 is 5.73 Å². The Bertz CT molecular complexity index is 175. The van der Waals surface area contributed by atoms with Crippen LogP contribution in [0.1, 0.15) is 13.8 Å². The number of carbonyl (C=O) groups is 1. The number of amidine groups is 1. The topological polar surface area (TPSA) is 55.5 Å². The maximum Gasteiger partial charge on any atom is 0.186 e. The highest BCUT2D eigenvalue weighted by Crippen LogP contribution is 2.41. The van der Waals surface area contributed by atoms with Gasteiger partial charge >= 0.3 is 0 Å². The predicted molar refractivity (Wildman–Crippen MR) is 54.7 cm³/mol. The van der Waals surface area contributed by atoms with Crippen LogP contribution in [-0.4, -0.2) is 23.5 Å². The van der Waals surface area contributed by atoms with E-state index in [9.17, 15) is 4.79 Å². The second-order valence-corrected chi connectivity index (χ2v) is 5.80. The van der Waals surface area contributed by atoms with Crippen molar-refractivity contribution >= 4 is 33.6 Å². The molecule has 0 aromatic heterocycles. The molecule has 0 saturated heterocycles. The second-order valence-electron chi connectivity index (χ2n) is 2.50. The molecular formula is C6H15ClN2OS. The zero-order valence-electron chi connectivity index (χ0n) is 7.25. The molecular weight excluding hydrogens is 184 g/mol. The van der Waals surface area contributed by atoms with E-state index in [0.717, 1.165) is 0 Å². The van der Waals surface area contributed by atoms with Gasteiger partial charge in [-0.2, -0.15) is 0 Å². The Kier molecular flexibility index (Phi) is 5.61. The average Bonchev–Trinajstić information content (AvgIpc) is 1.60. The van der Waals surface area contributed by atoms with Crippen molar-refractivity contribution in [3.8, 4) is 0 Å². The monoisotopic (exact) mass is 198 g/mol. The maximum absolute atomic E-state index is 10.9. The van der Waals surface area contributed by atoms with Gasteiger partial charge in [0.05, 0.1) is 0 Å². The molecule has 0 bridgehead atoms. The summed E-state index contributed by atoms with van der Waals surface area (Å²) in [5, 5.41) is 0.109. The van der Waals surface area contributed by atoms with Crippen LogP contribution in [-0.2, 0) is 4.79 Å². The van der Waals surface area contributed by atoms with E-state index >= 15 is 0 Å². The smallest absolute Gasteiger partial charge is 0.186 e. The van der Waals surface area contributed by atoms with Crippen molar-refractivity contribution in [1.82, 2.24) is 0 Å². The Morgan fingerprint density at radius 3 is 1.82 bits per heavy atom. The zero-order chi connectivity index (χ0) is 8.36. The van der Waals surface area contributed by atoms with Crippen LogP contribution in [0, 0.1) is 0 Å². The lowest BCUT2D eigenvalue weighted by Gasteiger charge is -2.21. The van der Waals surface area contributed by atoms with E-state index in [0.29, 0.717) is 5.84 Å². The predicted octanol–water partition coefficient (Wildman–Crippen LogP) is 1.31. The SMILES string of the molecule is CC(=O)S(C)(C)/N=C(/C)N.Cl. The molecule has 2 N–H and O–H groups in total. The first-order chi connectivity index (χ1) is 4.36. The Hall–Kier alpha value is -0.220. The van der Waals surface area contributed by atoms with Crippen LogP contribution >= 0.6 is 22.6 Å². The molecule has 0 spiro atoms. The van der Waals surface area contributed by atoms with Crippen LogP contribution in [0.2, 0.25) is 0 Å². The summed E-state index contributed by atoms with van der Waals surface area (Å²) in [6, 6.07) is 0. The zero-order valence-corrected chi connectivity index (χ0v) is 8.88. The molecule has 0 heterocycles. The minimum Gasteiger partial charge on any atom is -0.387 e. The van der Waals surface area contributed by atoms with Crippen LogP contribution in [0.5, 0.6) is 0 Å². The van der Waals surface area contributed by atoms with E-state index in [-0.39, 0.29) is 17.5 Å². The normalized spacial score (nSPS) is 13.6. The standard InChI is InChI=1S/C6H14N2OS.ClH/c1-5(7)8-10(3,4)6(2)9;/h1-4H3,(H2,7,8);1H. The van der Waals surface area contributed by atoms with Gasteiger partial charge in [0.25, 0.3) is 0 Å². The number of halogens is 1. The molecule has 0 atom stereocenters. The number of nitrogens with zero attached hydrogens (tertiary/aromatic N) is 1. The molecule has 0 saturated carbocycles. The molecule has 0 aromatic carbocycles. The summed E-state index contributed by atoms with van der Waals surface area (Å²) in [4.78, 5) is 10.9. The first-order valence-corrected chi connectivity index (χ1v) is 5.33. The van der Waals surface area contributed by atoms with Gasteiger partial charge in [-0.05, 0) is 19.4 Å². The minimum atomic E-state index is -1.47. The molecule has 0 radical (unpaired) electrons. The highest BCUT2D eigenvalue weighted by molar-refractivity contribution is 8.43. The van der Waals surface area contributed by atoms with Crippen molar-refractivity contribution in [3.63, 3.8) is 0 Å². The van der Waals surface area contributed by atoms with Gasteiger partial charge in [0.1, 0.15) is 5.84 Å². The number of nitrogens with two attached hydrogens (primary N) is 1. The molecule has 0 rings (SSSR count). The molecule has 0 aliphatic heterocycles. The summed E-state index contributed by atoms with van der Waals surface area (Å²) < 4.78 is 4.04. The Morgan fingerprint density at radius 2 is 1.73 bits per heavy atom. The van der Waals surface area contributed by atoms with Crippen molar-refractivity contribution in [2.45, 2.75) is 13.8 Å². The molecule has 0 unspecified atom stereocenters. The Balaban J connectivity index is 0. The van der Waals surface area contributed by atoms with Crippen LogP contribution in [0.15, 0.2) is 4.40 Å². The fourth-order valence-electron chi connectivity index (χ4n) is 0.424. The van der Waals surface area contributed by atoms with E-state index in [1.165, 1.54) is 0 Å². The van der Waals surface area contributed by atoms with E-state index in [4.69, 9.17) is 5.73 Å². The lowest BCUT2D eigenvalue weighted by molar-refractivity contribution is -0.109. The third kappa shape index (κ3) is 5.09. The number of rotatable bonds is 1. The van der Waals surface area contributed by atoms with Gasteiger partial charge in [0, 0.05) is 6.92 Å². The van der Waals surface area contributed by atoms with Crippen molar-refractivity contribution in [3.05, 3.63) is 0 Å². The highest BCUT2D eigenvalue weighted by atomic mass is 35.5. The second kappa shape index (κ2) is 4.62. The lowest BCUT2D eigenvalue weighted by atomic mass is 10.8. The Labute approximate surface area is 75.3 Å². The van der Waals surface area contributed by atoms with Crippen LogP contribution in [0.25, 0.3) is 0 Å². The van der Waals surface area contributed by atoms with Crippen LogP contribution in [0.4, 0.5) is 0 Å². The maximum atomic E-state index is 10.9. The first-order valence-electron chi connectivity index (χ1n) is 2.92. The molecule has 0 aromatic rings. The third-order valence-electron chi connectivity index (χ3n) is 1.08. The molecule has 5 heteroatoms. The van der Waals surface area contributed by atoms with Gasteiger partial charge in [-0.25, -0.2) is 4.40 Å². The fourth-order valence-corrected chi connectivity index (χ4v) is 1.27. The van der Waals surface area contributed by atoms with E-state index in [1.54, 1.807) is 13.8 Å². The van der Waals surface area contributed by atoms with Gasteiger partial charge in [-0.15, -0.1) is 12.4 Å². The lowest BCUT2D eigenvalue weighted by Crippen LogP contribution is -2.11. The molecule has 0 amide bonds. The molecule has 68 valence electrons. The molecule has 0 fully saturated rings. The summed E-state index contributed by atoms with van der Waals surface area (Å²) >= 11 is 0. The summed E-state index contributed by atoms with van der Waals surface area (Å²) in [5.41, 5.74) is 5.33. The largest absolute Gasteiger partial charge is 0.387 e. The number of hydrogen-bond acceptors (Lipinski definition) is 2. The van der Waals surface area contributed by atoms with Gasteiger partial charge in [0.15, 0.2) is 5.12 Å². The molecule has 3 nitrogen and oxygen atoms in total. The summed E-state index contributed by atoms with van der Waals surface area (Å²) in [7, 11) is -1.47. The fraction of sp³-hybridized carbons (Fsp3) is 0.667. The summed E-state index contributed by atoms with van der Waals surface area (Å²) in [6.45, 7) is 3.24. The van der Waals surface area contributed by atoms with Crippen molar-refractivity contribution < 1.29 is 4.79 Å². The summed E-state index contributed by atoms with van der Waals surface area (Å²) in [6.07, 6.45) is 3.65. The quantitative estimate of drug-likeness (QED) is 0.510. The number of carbonyl (C=O) groups excluding carboxylic acids is 1. The van der Waals surface area contributed by atoms with E-state index in [1.807, 2.05) is 12.5 Å². The molecule has 0 aliphatic carbocycles. The molecule has 11 heavy (non-hydrogen) atoms. The third-order valence-corrected chi connectivity index (χ3v) is 3.23.